The van der Waals surface area contributed by atoms with Crippen LogP contribution in [0.5, 0.6) is 0 Å². The van der Waals surface area contributed by atoms with Gasteiger partial charge in [0.15, 0.2) is 5.78 Å². The first-order chi connectivity index (χ1) is 30.0. The lowest BCUT2D eigenvalue weighted by Crippen LogP contribution is -2.33. The largest absolute Gasteiger partial charge is 0.327 e. The topological polar surface area (TPSA) is 37.1 Å². The van der Waals surface area contributed by atoms with E-state index >= 15 is 0 Å². The lowest BCUT2D eigenvalue weighted by atomic mass is 9.88. The summed E-state index contributed by atoms with van der Waals surface area (Å²) in [7, 11) is 0. The summed E-state index contributed by atoms with van der Waals surface area (Å²) in [6, 6.07) is 69.8. The highest BCUT2D eigenvalue weighted by molar-refractivity contribution is 6.35. The van der Waals surface area contributed by atoms with E-state index in [9.17, 15) is 9.59 Å². The molecule has 0 fully saturated rings. The summed E-state index contributed by atoms with van der Waals surface area (Å²) in [5.41, 5.74) is 14.5. The van der Waals surface area contributed by atoms with E-state index in [4.69, 9.17) is 0 Å². The summed E-state index contributed by atoms with van der Waals surface area (Å²) in [5.74, 6) is -0.319. The van der Waals surface area contributed by atoms with Crippen LogP contribution in [0.3, 0.4) is 0 Å². The first-order valence-electron chi connectivity index (χ1n) is 21.0. The molecule has 9 aromatic rings. The van der Waals surface area contributed by atoms with E-state index in [2.05, 4.69) is 162 Å². The van der Waals surface area contributed by atoms with Crippen molar-refractivity contribution in [1.82, 2.24) is 0 Å². The Labute approximate surface area is 356 Å². The van der Waals surface area contributed by atoms with Crippen molar-refractivity contribution in [3.05, 3.63) is 228 Å². The molecule has 61 heavy (non-hydrogen) atoms. The SMILES string of the molecule is CC(=O)/C(=C(/C(C)=O)[N+]1=C(c2ccccc2)c2ccccc2CC1)[c-]1c2cc(-c3ccccc3)c(-c3ccccc3)cc2c2cc(-c3ccccc3)c(-c3ccccc3)cc21. The number of fused-ring (bicyclic) bond motifs is 4. The molecular weight excluding hydrogens is 743 g/mol. The normalized spacial score (nSPS) is 13.0. The Hall–Kier alpha value is -7.62. The Kier molecular flexibility index (Phi) is 9.78. The van der Waals surface area contributed by atoms with Gasteiger partial charge in [0.1, 0.15) is 12.3 Å². The third-order valence-electron chi connectivity index (χ3n) is 12.1. The molecule has 0 bridgehead atoms. The van der Waals surface area contributed by atoms with Crippen LogP contribution in [0, 0.1) is 0 Å². The molecule has 9 aromatic carbocycles. The van der Waals surface area contributed by atoms with Gasteiger partial charge in [0.05, 0.1) is 0 Å². The second kappa shape index (κ2) is 15.9. The molecule has 10 rings (SSSR count). The van der Waals surface area contributed by atoms with E-state index in [1.807, 2.05) is 42.5 Å². The number of carbonyl (C=O) groups excluding carboxylic acids is 2. The van der Waals surface area contributed by atoms with E-state index < -0.39 is 0 Å². The molecule has 1 heterocycles. The van der Waals surface area contributed by atoms with Crippen LogP contribution >= 0.6 is 0 Å². The van der Waals surface area contributed by atoms with Crippen molar-refractivity contribution in [2.75, 3.05) is 6.54 Å². The zero-order valence-electron chi connectivity index (χ0n) is 34.2. The van der Waals surface area contributed by atoms with Gasteiger partial charge < -0.3 is 4.79 Å². The fourth-order valence-corrected chi connectivity index (χ4v) is 9.45. The molecule has 3 heteroatoms. The van der Waals surface area contributed by atoms with Crippen LogP contribution in [0.2, 0.25) is 0 Å². The molecule has 1 aliphatic rings. The lowest BCUT2D eigenvalue weighted by molar-refractivity contribution is -0.470. The van der Waals surface area contributed by atoms with E-state index in [0.29, 0.717) is 17.8 Å². The maximum absolute atomic E-state index is 14.8. The molecular formula is C58H43NO2. The fourth-order valence-electron chi connectivity index (χ4n) is 9.45. The Balaban J connectivity index is 1.41. The predicted octanol–water partition coefficient (Wildman–Crippen LogP) is 13.4. The highest BCUT2D eigenvalue weighted by Crippen LogP contribution is 2.48. The molecule has 3 nitrogen and oxygen atoms in total. The van der Waals surface area contributed by atoms with Crippen molar-refractivity contribution in [3.8, 4) is 44.5 Å². The minimum absolute atomic E-state index is 0.158. The first-order valence-corrected chi connectivity index (χ1v) is 21.0. The molecule has 0 radical (unpaired) electrons. The number of hydrogen-bond acceptors (Lipinski definition) is 2. The number of rotatable bonds is 9. The van der Waals surface area contributed by atoms with Crippen LogP contribution in [0.1, 0.15) is 36.1 Å². The summed E-state index contributed by atoms with van der Waals surface area (Å²) in [5, 5.41) is 3.91. The van der Waals surface area contributed by atoms with Crippen molar-refractivity contribution in [1.29, 1.82) is 0 Å². The van der Waals surface area contributed by atoms with Gasteiger partial charge in [-0.05, 0) is 82.1 Å². The van der Waals surface area contributed by atoms with Gasteiger partial charge in [0.2, 0.25) is 11.4 Å². The van der Waals surface area contributed by atoms with Crippen LogP contribution in [0.15, 0.2) is 206 Å². The average Bonchev–Trinajstić information content (AvgIpc) is 3.62. The van der Waals surface area contributed by atoms with Crippen LogP contribution in [-0.2, 0) is 16.0 Å². The summed E-state index contributed by atoms with van der Waals surface area (Å²) in [6.07, 6.45) is 0.730. The van der Waals surface area contributed by atoms with Gasteiger partial charge in [-0.25, -0.2) is 4.58 Å². The van der Waals surface area contributed by atoms with Gasteiger partial charge in [-0.15, -0.1) is 0 Å². The van der Waals surface area contributed by atoms with E-state index in [1.54, 1.807) is 13.8 Å². The van der Waals surface area contributed by atoms with Crippen molar-refractivity contribution >= 4 is 44.4 Å². The van der Waals surface area contributed by atoms with Gasteiger partial charge in [0, 0.05) is 23.1 Å². The maximum Gasteiger partial charge on any atom is 0.215 e. The molecule has 0 N–H and O–H groups in total. The molecule has 292 valence electrons. The van der Waals surface area contributed by atoms with Crippen LogP contribution in [-0.4, -0.2) is 28.4 Å². The fraction of sp³-hybridized carbons (Fsp3) is 0.0690. The zero-order chi connectivity index (χ0) is 41.5. The highest BCUT2D eigenvalue weighted by Gasteiger charge is 2.34. The van der Waals surface area contributed by atoms with Crippen molar-refractivity contribution in [2.24, 2.45) is 0 Å². The van der Waals surface area contributed by atoms with Crippen LogP contribution < -0.4 is 0 Å². The van der Waals surface area contributed by atoms with Gasteiger partial charge >= 0.3 is 0 Å². The molecule has 0 amide bonds. The van der Waals surface area contributed by atoms with E-state index in [-0.39, 0.29) is 11.6 Å². The van der Waals surface area contributed by atoms with Gasteiger partial charge in [-0.1, -0.05) is 209 Å². The van der Waals surface area contributed by atoms with Crippen LogP contribution in [0.4, 0.5) is 0 Å². The molecule has 1 aliphatic heterocycles. The number of ketones is 2. The minimum atomic E-state index is -0.160. The van der Waals surface area contributed by atoms with Crippen molar-refractivity contribution < 1.29 is 14.2 Å². The summed E-state index contributed by atoms with van der Waals surface area (Å²) in [6.45, 7) is 3.78. The van der Waals surface area contributed by atoms with E-state index in [0.717, 1.165) is 94.9 Å². The highest BCUT2D eigenvalue weighted by atomic mass is 16.1. The second-order valence-corrected chi connectivity index (χ2v) is 15.8. The molecule has 0 saturated carbocycles. The number of hydrogen-bond donors (Lipinski definition) is 0. The molecule has 0 spiro atoms. The van der Waals surface area contributed by atoms with Gasteiger partial charge in [-0.3, -0.25) is 4.79 Å². The minimum Gasteiger partial charge on any atom is -0.327 e. The van der Waals surface area contributed by atoms with Gasteiger partial charge in [-0.2, -0.15) is 0 Å². The standard InChI is InChI=1S/C58H43NO2/c1-38(60)55(57(39(2)61)59-33-32-44-28-18-19-31-46(44)58(59)45-29-16-7-17-30-45)56-53-36-49(42-24-12-5-13-25-42)47(40-20-8-3-9-21-40)34-51(53)52-35-48(41-22-10-4-11-23-41)50(37-54(52)56)43-26-14-6-15-27-43/h3-31,34-37H,32-33H2,1-2H3/b57-55+. The number of allylic oxidation sites excluding steroid dienone is 2. The first kappa shape index (κ1) is 37.6. The predicted molar refractivity (Wildman–Crippen MR) is 252 cm³/mol. The third kappa shape index (κ3) is 6.75. The monoisotopic (exact) mass is 785 g/mol. The van der Waals surface area contributed by atoms with Gasteiger partial charge in [0.25, 0.3) is 0 Å². The quantitative estimate of drug-likeness (QED) is 0.0830. The summed E-state index contributed by atoms with van der Waals surface area (Å²) in [4.78, 5) is 29.5. The van der Waals surface area contributed by atoms with Crippen LogP contribution in [0.25, 0.3) is 71.6 Å². The molecule has 0 saturated heterocycles. The second-order valence-electron chi connectivity index (χ2n) is 15.8. The van der Waals surface area contributed by atoms with E-state index in [1.165, 1.54) is 5.56 Å². The zero-order valence-corrected chi connectivity index (χ0v) is 34.2. The Morgan fingerprint density at radius 2 is 0.803 bits per heavy atom. The van der Waals surface area contributed by atoms with Crippen molar-refractivity contribution in [3.63, 3.8) is 0 Å². The number of nitrogens with zero attached hydrogens (tertiary/aromatic N) is 1. The molecule has 0 aliphatic carbocycles. The Bertz CT molecular complexity index is 3050. The maximum atomic E-state index is 14.8. The Morgan fingerprint density at radius 3 is 1.21 bits per heavy atom. The average molecular weight is 786 g/mol. The molecule has 0 atom stereocenters. The molecule has 0 aromatic heterocycles. The third-order valence-corrected chi connectivity index (χ3v) is 12.1. The molecule has 0 unspecified atom stereocenters. The van der Waals surface area contributed by atoms with Crippen molar-refractivity contribution in [2.45, 2.75) is 20.3 Å². The Morgan fingerprint density at radius 1 is 0.426 bits per heavy atom. The number of benzene rings is 8. The summed E-state index contributed by atoms with van der Waals surface area (Å²) >= 11 is 0. The number of carbonyl (C=O) groups is 2. The number of Topliss-reactive ketones (excluding diaryl/α,β-unsaturated/α-hetero) is 2. The smallest absolute Gasteiger partial charge is 0.215 e. The lowest BCUT2D eigenvalue weighted by Gasteiger charge is -2.23. The summed E-state index contributed by atoms with van der Waals surface area (Å²) < 4.78 is 2.13.